The molecule has 0 heterocycles. The summed E-state index contributed by atoms with van der Waals surface area (Å²) in [4.78, 5) is 0.330. The molecule has 0 saturated carbocycles. The summed E-state index contributed by atoms with van der Waals surface area (Å²) in [6.45, 7) is 4.02. The van der Waals surface area contributed by atoms with Crippen LogP contribution in [0.3, 0.4) is 0 Å². The minimum Gasteiger partial charge on any atom is -0.266 e. The summed E-state index contributed by atoms with van der Waals surface area (Å²) in [5, 5.41) is 0. The van der Waals surface area contributed by atoms with Crippen LogP contribution < -0.4 is 0 Å². The first kappa shape index (κ1) is 26.1. The zero-order valence-corrected chi connectivity index (χ0v) is 21.1. The predicted molar refractivity (Wildman–Crippen MR) is 132 cm³/mol. The van der Waals surface area contributed by atoms with E-state index in [1.165, 1.54) is 0 Å². The third kappa shape index (κ3) is 7.77. The molecule has 8 heteroatoms. The molecular weight excluding hydrogens is 472 g/mol. The molecular formula is C26H30O6S2. The number of aryl methyl sites for hydroxylation is 4. The Hall–Kier alpha value is -2.52. The van der Waals surface area contributed by atoms with Crippen LogP contribution in [-0.2, 0) is 41.4 Å². The van der Waals surface area contributed by atoms with Crippen molar-refractivity contribution in [2.24, 2.45) is 0 Å². The van der Waals surface area contributed by atoms with Gasteiger partial charge in [-0.15, -0.1) is 0 Å². The lowest BCUT2D eigenvalue weighted by Crippen LogP contribution is -2.08. The minimum atomic E-state index is -3.74. The molecule has 3 rings (SSSR count). The summed E-state index contributed by atoms with van der Waals surface area (Å²) in [6, 6.07) is 21.1. The maximum absolute atomic E-state index is 12.2. The summed E-state index contributed by atoms with van der Waals surface area (Å²) < 4.78 is 59.1. The van der Waals surface area contributed by atoms with Crippen LogP contribution in [0.5, 0.6) is 0 Å². The summed E-state index contributed by atoms with van der Waals surface area (Å²) in [5.74, 6) is 0. The fraction of sp³-hybridized carbons (Fsp3) is 0.308. The maximum atomic E-state index is 12.2. The van der Waals surface area contributed by atoms with Gasteiger partial charge in [-0.05, 0) is 74.9 Å². The fourth-order valence-electron chi connectivity index (χ4n) is 3.31. The lowest BCUT2D eigenvalue weighted by Gasteiger charge is -2.08. The number of rotatable bonds is 12. The van der Waals surface area contributed by atoms with Crippen molar-refractivity contribution in [2.75, 3.05) is 13.2 Å². The Morgan fingerprint density at radius 3 is 1.18 bits per heavy atom. The first-order chi connectivity index (χ1) is 16.2. The van der Waals surface area contributed by atoms with Crippen LogP contribution in [0.4, 0.5) is 0 Å². The van der Waals surface area contributed by atoms with Crippen molar-refractivity contribution in [1.82, 2.24) is 0 Å². The van der Waals surface area contributed by atoms with Gasteiger partial charge in [-0.2, -0.15) is 16.8 Å². The van der Waals surface area contributed by atoms with E-state index in [1.54, 1.807) is 48.5 Å². The molecule has 0 N–H and O–H groups in total. The molecule has 182 valence electrons. The van der Waals surface area contributed by atoms with E-state index in [1.807, 2.05) is 38.1 Å². The molecule has 0 bridgehead atoms. The zero-order chi connectivity index (χ0) is 24.6. The van der Waals surface area contributed by atoms with Crippen molar-refractivity contribution in [3.8, 4) is 0 Å². The van der Waals surface area contributed by atoms with Crippen LogP contribution in [0.2, 0.25) is 0 Å². The van der Waals surface area contributed by atoms with E-state index in [2.05, 4.69) is 0 Å². The Labute approximate surface area is 202 Å². The molecule has 0 amide bonds. The predicted octanol–water partition coefficient (Wildman–Crippen LogP) is 4.98. The second-order valence-corrected chi connectivity index (χ2v) is 11.4. The normalized spacial score (nSPS) is 12.1. The molecule has 0 fully saturated rings. The van der Waals surface area contributed by atoms with Gasteiger partial charge < -0.3 is 0 Å². The van der Waals surface area contributed by atoms with Crippen molar-refractivity contribution in [3.05, 3.63) is 95.1 Å². The highest BCUT2D eigenvalue weighted by molar-refractivity contribution is 7.87. The first-order valence-corrected chi connectivity index (χ1v) is 14.0. The van der Waals surface area contributed by atoms with Crippen LogP contribution in [0.1, 0.15) is 35.1 Å². The maximum Gasteiger partial charge on any atom is 0.296 e. The van der Waals surface area contributed by atoms with Gasteiger partial charge in [-0.3, -0.25) is 8.37 Å². The molecule has 0 saturated heterocycles. The molecule has 0 unspecified atom stereocenters. The van der Waals surface area contributed by atoms with E-state index >= 15 is 0 Å². The highest BCUT2D eigenvalue weighted by Gasteiger charge is 2.15. The van der Waals surface area contributed by atoms with Gasteiger partial charge >= 0.3 is 0 Å². The van der Waals surface area contributed by atoms with E-state index < -0.39 is 20.2 Å². The van der Waals surface area contributed by atoms with Crippen LogP contribution in [-0.4, -0.2) is 30.0 Å². The number of benzene rings is 3. The summed E-state index contributed by atoms with van der Waals surface area (Å²) in [7, 11) is -7.47. The third-order valence-corrected chi connectivity index (χ3v) is 7.99. The van der Waals surface area contributed by atoms with Gasteiger partial charge in [0, 0.05) is 0 Å². The first-order valence-electron chi connectivity index (χ1n) is 11.2. The SMILES string of the molecule is Cc1ccc(S(=O)(=O)OCCCc2ccc(CCCOS(=O)(=O)c3ccc(C)cc3)cc2)cc1. The van der Waals surface area contributed by atoms with Crippen molar-refractivity contribution in [3.63, 3.8) is 0 Å². The minimum absolute atomic E-state index is 0.116. The molecule has 0 atom stereocenters. The fourth-order valence-corrected chi connectivity index (χ4v) is 5.19. The van der Waals surface area contributed by atoms with Gasteiger partial charge in [0.05, 0.1) is 23.0 Å². The van der Waals surface area contributed by atoms with E-state index in [4.69, 9.17) is 8.37 Å². The van der Waals surface area contributed by atoms with Crippen LogP contribution >= 0.6 is 0 Å². The van der Waals surface area contributed by atoms with Gasteiger partial charge in [0.1, 0.15) is 0 Å². The second-order valence-electron chi connectivity index (χ2n) is 8.20. The molecule has 6 nitrogen and oxygen atoms in total. The monoisotopic (exact) mass is 502 g/mol. The molecule has 3 aromatic rings. The molecule has 3 aromatic carbocycles. The van der Waals surface area contributed by atoms with Crippen molar-refractivity contribution in [2.45, 2.75) is 49.3 Å². The lowest BCUT2D eigenvalue weighted by atomic mass is 10.0. The topological polar surface area (TPSA) is 86.7 Å². The van der Waals surface area contributed by atoms with Gasteiger partial charge in [-0.25, -0.2) is 0 Å². The Bertz CT molecular complexity index is 1160. The average Bonchev–Trinajstić information content (AvgIpc) is 2.81. The highest BCUT2D eigenvalue weighted by atomic mass is 32.2. The average molecular weight is 503 g/mol. The second kappa shape index (κ2) is 11.8. The van der Waals surface area contributed by atoms with Crippen LogP contribution in [0, 0.1) is 13.8 Å². The van der Waals surface area contributed by atoms with Crippen molar-refractivity contribution < 1.29 is 25.2 Å². The highest BCUT2D eigenvalue weighted by Crippen LogP contribution is 2.16. The van der Waals surface area contributed by atoms with Gasteiger partial charge in [0.25, 0.3) is 20.2 Å². The van der Waals surface area contributed by atoms with E-state index in [-0.39, 0.29) is 23.0 Å². The zero-order valence-electron chi connectivity index (χ0n) is 19.4. The molecule has 0 aromatic heterocycles. The standard InChI is InChI=1S/C26H30O6S2/c1-21-7-15-25(16-8-21)33(27,28)31-19-3-5-23-11-13-24(14-12-23)6-4-20-32-34(29,30)26-17-9-22(2)10-18-26/h7-18H,3-6,19-20H2,1-2H3. The quantitative estimate of drug-likeness (QED) is 0.256. The largest absolute Gasteiger partial charge is 0.296 e. The van der Waals surface area contributed by atoms with E-state index in [0.29, 0.717) is 25.7 Å². The van der Waals surface area contributed by atoms with E-state index in [0.717, 1.165) is 22.3 Å². The smallest absolute Gasteiger partial charge is 0.266 e. The van der Waals surface area contributed by atoms with Crippen LogP contribution in [0.15, 0.2) is 82.6 Å². The van der Waals surface area contributed by atoms with E-state index in [9.17, 15) is 16.8 Å². The Morgan fingerprint density at radius 1 is 0.529 bits per heavy atom. The molecule has 0 spiro atoms. The third-order valence-electron chi connectivity index (χ3n) is 5.34. The van der Waals surface area contributed by atoms with Crippen molar-refractivity contribution >= 4 is 20.2 Å². The van der Waals surface area contributed by atoms with Crippen molar-refractivity contribution in [1.29, 1.82) is 0 Å². The van der Waals surface area contributed by atoms with Gasteiger partial charge in [-0.1, -0.05) is 59.7 Å². The van der Waals surface area contributed by atoms with Crippen LogP contribution in [0.25, 0.3) is 0 Å². The van der Waals surface area contributed by atoms with Gasteiger partial charge in [0.2, 0.25) is 0 Å². The molecule has 0 aliphatic rings. The number of hydrogen-bond acceptors (Lipinski definition) is 6. The lowest BCUT2D eigenvalue weighted by molar-refractivity contribution is 0.311. The molecule has 34 heavy (non-hydrogen) atoms. The Kier molecular flexibility index (Phi) is 9.02. The Balaban J connectivity index is 1.38. The molecule has 0 aliphatic heterocycles. The Morgan fingerprint density at radius 2 is 0.853 bits per heavy atom. The molecule has 0 aliphatic carbocycles. The molecule has 0 radical (unpaired) electrons. The summed E-state index contributed by atoms with van der Waals surface area (Å²) in [5.41, 5.74) is 4.14. The summed E-state index contributed by atoms with van der Waals surface area (Å²) in [6.07, 6.45) is 2.55. The number of hydrogen-bond donors (Lipinski definition) is 0. The summed E-state index contributed by atoms with van der Waals surface area (Å²) >= 11 is 0. The van der Waals surface area contributed by atoms with Gasteiger partial charge in [0.15, 0.2) is 0 Å².